The second-order valence-electron chi connectivity index (χ2n) is 7.59. The van der Waals surface area contributed by atoms with Gasteiger partial charge in [-0.2, -0.15) is 0 Å². The number of amidine groups is 1. The first-order valence-electron chi connectivity index (χ1n) is 7.95. The molecule has 0 aliphatic carbocycles. The topological polar surface area (TPSA) is 71.0 Å². The van der Waals surface area contributed by atoms with Crippen molar-refractivity contribution in [1.82, 2.24) is 10.2 Å². The largest absolute Gasteiger partial charge is 0.444 e. The van der Waals surface area contributed by atoms with Crippen LogP contribution in [-0.4, -0.2) is 46.5 Å². The van der Waals surface area contributed by atoms with Gasteiger partial charge in [0.05, 0.1) is 6.04 Å². The summed E-state index contributed by atoms with van der Waals surface area (Å²) in [6.45, 7) is 12.0. The van der Waals surface area contributed by atoms with Gasteiger partial charge in [-0.25, -0.2) is 4.79 Å². The molecule has 2 atom stereocenters. The lowest BCUT2D eigenvalue weighted by Crippen LogP contribution is -2.48. The number of likely N-dealkylation sites (tertiary alicyclic amines) is 1. The molecule has 0 saturated carbocycles. The van der Waals surface area contributed by atoms with Crippen molar-refractivity contribution in [2.75, 3.05) is 6.54 Å². The van der Waals surface area contributed by atoms with E-state index < -0.39 is 11.1 Å². The zero-order chi connectivity index (χ0) is 16.7. The lowest BCUT2D eigenvalue weighted by atomic mass is 9.89. The van der Waals surface area contributed by atoms with Gasteiger partial charge in [-0.3, -0.25) is 14.7 Å². The minimum atomic E-state index is -0.752. The molecule has 6 heteroatoms. The Morgan fingerprint density at radius 3 is 2.59 bits per heavy atom. The SMILES string of the molecule is CC(C)[C@]1(C)N=C([C@@H]2CCCN2C(=O)OC(C)(C)C)NC1=O. The van der Waals surface area contributed by atoms with E-state index in [4.69, 9.17) is 4.74 Å². The minimum Gasteiger partial charge on any atom is -0.444 e. The Morgan fingerprint density at radius 2 is 2.09 bits per heavy atom. The molecule has 1 saturated heterocycles. The molecule has 1 N–H and O–H groups in total. The highest BCUT2D eigenvalue weighted by Crippen LogP contribution is 2.29. The molecule has 6 nitrogen and oxygen atoms in total. The van der Waals surface area contributed by atoms with Crippen LogP contribution in [0.2, 0.25) is 0 Å². The summed E-state index contributed by atoms with van der Waals surface area (Å²) in [5.41, 5.74) is -1.28. The minimum absolute atomic E-state index is 0.0893. The van der Waals surface area contributed by atoms with Crippen LogP contribution in [0.1, 0.15) is 54.4 Å². The van der Waals surface area contributed by atoms with Gasteiger partial charge in [-0.05, 0) is 46.5 Å². The summed E-state index contributed by atoms with van der Waals surface area (Å²) in [6.07, 6.45) is 1.34. The molecule has 22 heavy (non-hydrogen) atoms. The van der Waals surface area contributed by atoms with Crippen LogP contribution in [0.15, 0.2) is 4.99 Å². The molecular formula is C16H27N3O3. The first kappa shape index (κ1) is 16.8. The number of hydrogen-bond donors (Lipinski definition) is 1. The average molecular weight is 309 g/mol. The van der Waals surface area contributed by atoms with Gasteiger partial charge in [0.2, 0.25) is 0 Å². The zero-order valence-electron chi connectivity index (χ0n) is 14.4. The fraction of sp³-hybridized carbons (Fsp3) is 0.812. The lowest BCUT2D eigenvalue weighted by molar-refractivity contribution is -0.124. The molecule has 0 aromatic rings. The molecule has 0 bridgehead atoms. The first-order chi connectivity index (χ1) is 10.0. The highest BCUT2D eigenvalue weighted by Gasteiger charge is 2.46. The molecule has 0 spiro atoms. The van der Waals surface area contributed by atoms with E-state index in [-0.39, 0.29) is 24.0 Å². The van der Waals surface area contributed by atoms with Gasteiger partial charge in [-0.15, -0.1) is 0 Å². The Morgan fingerprint density at radius 1 is 1.45 bits per heavy atom. The van der Waals surface area contributed by atoms with Crippen LogP contribution in [0.25, 0.3) is 0 Å². The van der Waals surface area contributed by atoms with Gasteiger partial charge in [0.1, 0.15) is 17.0 Å². The second-order valence-corrected chi connectivity index (χ2v) is 7.59. The van der Waals surface area contributed by atoms with Crippen molar-refractivity contribution in [1.29, 1.82) is 0 Å². The number of rotatable bonds is 2. The number of carbonyl (C=O) groups excluding carboxylic acids is 2. The van der Waals surface area contributed by atoms with E-state index in [1.165, 1.54) is 0 Å². The first-order valence-corrected chi connectivity index (χ1v) is 7.95. The van der Waals surface area contributed by atoms with Gasteiger partial charge >= 0.3 is 6.09 Å². The summed E-state index contributed by atoms with van der Waals surface area (Å²) in [7, 11) is 0. The Balaban J connectivity index is 2.18. The maximum absolute atomic E-state index is 12.3. The summed E-state index contributed by atoms with van der Waals surface area (Å²) in [5, 5.41) is 2.88. The highest BCUT2D eigenvalue weighted by atomic mass is 16.6. The molecule has 1 fully saturated rings. The van der Waals surface area contributed by atoms with E-state index in [2.05, 4.69) is 10.3 Å². The van der Waals surface area contributed by atoms with E-state index in [0.717, 1.165) is 12.8 Å². The van der Waals surface area contributed by atoms with Crippen molar-refractivity contribution >= 4 is 17.8 Å². The van der Waals surface area contributed by atoms with E-state index in [9.17, 15) is 9.59 Å². The molecule has 2 rings (SSSR count). The third-order valence-electron chi connectivity index (χ3n) is 4.37. The molecule has 2 aliphatic rings. The van der Waals surface area contributed by atoms with Crippen molar-refractivity contribution in [3.63, 3.8) is 0 Å². The molecular weight excluding hydrogens is 282 g/mol. The molecule has 0 radical (unpaired) electrons. The van der Waals surface area contributed by atoms with Gasteiger partial charge in [0, 0.05) is 6.54 Å². The van der Waals surface area contributed by atoms with Crippen LogP contribution in [0.3, 0.4) is 0 Å². The molecule has 2 heterocycles. The lowest BCUT2D eigenvalue weighted by Gasteiger charge is -2.28. The molecule has 2 aliphatic heterocycles. The van der Waals surface area contributed by atoms with E-state index in [0.29, 0.717) is 12.4 Å². The summed E-state index contributed by atoms with van der Waals surface area (Å²) >= 11 is 0. The van der Waals surface area contributed by atoms with Crippen LogP contribution >= 0.6 is 0 Å². The highest BCUT2D eigenvalue weighted by molar-refractivity contribution is 6.10. The summed E-state index contributed by atoms with van der Waals surface area (Å²) in [6, 6.07) is -0.195. The second kappa shape index (κ2) is 5.56. The van der Waals surface area contributed by atoms with Crippen molar-refractivity contribution in [2.45, 2.75) is 71.6 Å². The number of aliphatic imine (C=N–C) groups is 1. The number of ether oxygens (including phenoxy) is 1. The number of nitrogens with one attached hydrogen (secondary N) is 1. The number of carbonyl (C=O) groups is 2. The van der Waals surface area contributed by atoms with Crippen LogP contribution in [0.4, 0.5) is 4.79 Å². The smallest absolute Gasteiger partial charge is 0.410 e. The Kier molecular flexibility index (Phi) is 4.24. The van der Waals surface area contributed by atoms with Gasteiger partial charge in [-0.1, -0.05) is 13.8 Å². The monoisotopic (exact) mass is 309 g/mol. The summed E-state index contributed by atoms with van der Waals surface area (Å²) in [4.78, 5) is 30.9. The fourth-order valence-corrected chi connectivity index (χ4v) is 2.71. The van der Waals surface area contributed by atoms with Crippen LogP contribution in [0.5, 0.6) is 0 Å². The Bertz CT molecular complexity index is 507. The van der Waals surface area contributed by atoms with Gasteiger partial charge in [0.25, 0.3) is 5.91 Å². The van der Waals surface area contributed by atoms with E-state index >= 15 is 0 Å². The average Bonchev–Trinajstić information content (AvgIpc) is 2.93. The Labute approximate surface area is 132 Å². The normalized spacial score (nSPS) is 28.9. The maximum atomic E-state index is 12.3. The number of hydrogen-bond acceptors (Lipinski definition) is 4. The quantitative estimate of drug-likeness (QED) is 0.851. The Hall–Kier alpha value is -1.59. The van der Waals surface area contributed by atoms with Crippen LogP contribution in [0, 0.1) is 5.92 Å². The summed E-state index contributed by atoms with van der Waals surface area (Å²) in [5.74, 6) is 0.611. The third-order valence-corrected chi connectivity index (χ3v) is 4.37. The maximum Gasteiger partial charge on any atom is 0.410 e. The fourth-order valence-electron chi connectivity index (χ4n) is 2.71. The predicted molar refractivity (Wildman–Crippen MR) is 84.8 cm³/mol. The predicted octanol–water partition coefficient (Wildman–Crippen LogP) is 2.33. The van der Waals surface area contributed by atoms with E-state index in [1.54, 1.807) is 4.90 Å². The van der Waals surface area contributed by atoms with Crippen LogP contribution in [-0.2, 0) is 9.53 Å². The van der Waals surface area contributed by atoms with E-state index in [1.807, 2.05) is 41.5 Å². The van der Waals surface area contributed by atoms with Crippen molar-refractivity contribution in [3.05, 3.63) is 0 Å². The molecule has 0 aromatic carbocycles. The molecule has 2 amide bonds. The molecule has 124 valence electrons. The number of amides is 2. The van der Waals surface area contributed by atoms with Gasteiger partial charge < -0.3 is 10.1 Å². The standard InChI is InChI=1S/C16H27N3O3/c1-10(2)16(6)13(20)17-12(18-16)11-8-7-9-19(11)14(21)22-15(3,4)5/h10-11H,7-9H2,1-6H3,(H,17,18,20)/t11-,16-/m0/s1. The zero-order valence-corrected chi connectivity index (χ0v) is 14.4. The van der Waals surface area contributed by atoms with Crippen molar-refractivity contribution in [2.24, 2.45) is 10.9 Å². The summed E-state index contributed by atoms with van der Waals surface area (Å²) < 4.78 is 5.46. The van der Waals surface area contributed by atoms with Crippen molar-refractivity contribution in [3.8, 4) is 0 Å². The molecule has 0 aromatic heterocycles. The van der Waals surface area contributed by atoms with Gasteiger partial charge in [0.15, 0.2) is 0 Å². The van der Waals surface area contributed by atoms with Crippen molar-refractivity contribution < 1.29 is 14.3 Å². The van der Waals surface area contributed by atoms with Crippen LogP contribution < -0.4 is 5.32 Å². The third kappa shape index (κ3) is 3.10. The molecule has 0 unspecified atom stereocenters. The number of nitrogens with zero attached hydrogens (tertiary/aromatic N) is 2.